The maximum absolute atomic E-state index is 12.7. The predicted octanol–water partition coefficient (Wildman–Crippen LogP) is 0.270. The molecule has 1 aromatic carbocycles. The minimum absolute atomic E-state index is 0.0327. The second-order valence-corrected chi connectivity index (χ2v) is 12.4. The number of ether oxygens (including phenoxy) is 1. The molecule has 3 aliphatic rings. The van der Waals surface area contributed by atoms with E-state index in [0.29, 0.717) is 23.4 Å². The number of fused-ring (bicyclic) bond motifs is 1. The van der Waals surface area contributed by atoms with E-state index in [-0.39, 0.29) is 28.3 Å². The molecule has 38 heavy (non-hydrogen) atoms. The number of hydrogen-bond donors (Lipinski definition) is 5. The molecule has 2 saturated heterocycles. The predicted molar refractivity (Wildman–Crippen MR) is 134 cm³/mol. The maximum Gasteiger partial charge on any atom is 0.415 e. The standard InChI is InChI=1S/C23H28N4O9S2/c1-10-17-16(21(29)30)11(2)36-23(33)27(17)18(22(31)32)19(10)37-13-7-15(25-9-13)20(28)26-8-12-3-5-14(6-4-12)38(24,34)35/h3-6,10-11,13,15-17,25H,7-9H2,1-2H3,(H,26,28)(H,29,30)(H,31,32)(H2,24,34,35)/t10-,11+,13+,15+,16+,17-/m1/s1. The van der Waals surface area contributed by atoms with E-state index in [4.69, 9.17) is 9.88 Å². The third-order valence-electron chi connectivity index (χ3n) is 6.96. The number of thioether (sulfide) groups is 1. The lowest BCUT2D eigenvalue weighted by atomic mass is 9.86. The fraction of sp³-hybridized carbons (Fsp3) is 0.478. The van der Waals surface area contributed by atoms with E-state index in [1.807, 2.05) is 0 Å². The summed E-state index contributed by atoms with van der Waals surface area (Å²) < 4.78 is 27.9. The van der Waals surface area contributed by atoms with Crippen LogP contribution >= 0.6 is 11.8 Å². The fourth-order valence-electron chi connectivity index (χ4n) is 5.11. The normalized spacial score (nSPS) is 29.1. The number of carboxylic acids is 2. The quantitative estimate of drug-likeness (QED) is 0.288. The van der Waals surface area contributed by atoms with Crippen LogP contribution in [0.1, 0.15) is 25.8 Å². The number of carboxylic acid groups (broad SMARTS) is 2. The monoisotopic (exact) mass is 568 g/mol. The van der Waals surface area contributed by atoms with E-state index in [2.05, 4.69) is 10.6 Å². The van der Waals surface area contributed by atoms with E-state index in [9.17, 15) is 37.8 Å². The van der Waals surface area contributed by atoms with Crippen molar-refractivity contribution in [2.24, 2.45) is 17.0 Å². The SMILES string of the molecule is C[C@@H]1OC(=O)N2C(C(=O)O)=C(S[C@@H]3CN[C@H](C(=O)NCc4ccc(S(N)(=O)=O)cc4)C3)[C@H](C)[C@@H]2[C@H]1C(=O)O. The number of hydrogen-bond acceptors (Lipinski definition) is 9. The number of primary sulfonamides is 1. The number of nitrogens with one attached hydrogen (secondary N) is 2. The number of nitrogens with two attached hydrogens (primary N) is 1. The molecular weight excluding hydrogens is 540 g/mol. The molecule has 2 amide bonds. The minimum Gasteiger partial charge on any atom is -0.481 e. The van der Waals surface area contributed by atoms with Crippen molar-refractivity contribution >= 4 is 45.7 Å². The number of nitrogens with zero attached hydrogens (tertiary/aromatic N) is 1. The lowest BCUT2D eigenvalue weighted by Gasteiger charge is -2.39. The molecular formula is C23H28N4O9S2. The average Bonchev–Trinajstić information content (AvgIpc) is 3.41. The zero-order valence-corrected chi connectivity index (χ0v) is 22.1. The van der Waals surface area contributed by atoms with Crippen LogP contribution in [-0.4, -0.2) is 77.5 Å². The van der Waals surface area contributed by atoms with Gasteiger partial charge in [0, 0.05) is 29.2 Å². The van der Waals surface area contributed by atoms with Crippen LogP contribution in [0.15, 0.2) is 39.8 Å². The Bertz CT molecular complexity index is 1300. The highest BCUT2D eigenvalue weighted by Gasteiger charge is 2.56. The van der Waals surface area contributed by atoms with Gasteiger partial charge in [-0.3, -0.25) is 14.5 Å². The second-order valence-electron chi connectivity index (χ2n) is 9.46. The van der Waals surface area contributed by atoms with Gasteiger partial charge < -0.3 is 25.6 Å². The number of sulfonamides is 1. The molecule has 1 aromatic rings. The van der Waals surface area contributed by atoms with Gasteiger partial charge in [-0.2, -0.15) is 0 Å². The van der Waals surface area contributed by atoms with Crippen LogP contribution in [0.2, 0.25) is 0 Å². The molecule has 6 atom stereocenters. The average molecular weight is 569 g/mol. The molecule has 6 N–H and O–H groups in total. The van der Waals surface area contributed by atoms with Crippen molar-refractivity contribution < 1.29 is 42.5 Å². The second kappa shape index (κ2) is 10.6. The molecule has 4 rings (SSSR count). The van der Waals surface area contributed by atoms with Crippen LogP contribution < -0.4 is 15.8 Å². The first-order valence-corrected chi connectivity index (χ1v) is 14.2. The zero-order chi connectivity index (χ0) is 27.9. The summed E-state index contributed by atoms with van der Waals surface area (Å²) in [6, 6.07) is 4.35. The smallest absolute Gasteiger partial charge is 0.415 e. The molecule has 0 spiro atoms. The fourth-order valence-corrected chi connectivity index (χ4v) is 7.11. The Morgan fingerprint density at radius 2 is 1.87 bits per heavy atom. The summed E-state index contributed by atoms with van der Waals surface area (Å²) in [4.78, 5) is 50.7. The Labute approximate surface area is 222 Å². The van der Waals surface area contributed by atoms with E-state index >= 15 is 0 Å². The van der Waals surface area contributed by atoms with Gasteiger partial charge in [-0.1, -0.05) is 19.1 Å². The summed E-state index contributed by atoms with van der Waals surface area (Å²) in [7, 11) is -3.81. The van der Waals surface area contributed by atoms with Crippen molar-refractivity contribution in [2.75, 3.05) is 6.54 Å². The number of rotatable bonds is 8. The van der Waals surface area contributed by atoms with Gasteiger partial charge in [0.1, 0.15) is 17.7 Å². The molecule has 13 nitrogen and oxygen atoms in total. The third-order valence-corrected chi connectivity index (χ3v) is 9.40. The lowest BCUT2D eigenvalue weighted by Crippen LogP contribution is -2.56. The van der Waals surface area contributed by atoms with Gasteiger partial charge in [-0.25, -0.2) is 23.1 Å². The Morgan fingerprint density at radius 1 is 1.21 bits per heavy atom. The highest BCUT2D eigenvalue weighted by molar-refractivity contribution is 8.03. The Kier molecular flexibility index (Phi) is 7.74. The summed E-state index contributed by atoms with van der Waals surface area (Å²) in [5, 5.41) is 30.5. The molecule has 0 unspecified atom stereocenters. The van der Waals surface area contributed by atoms with Crippen LogP contribution in [-0.2, 0) is 35.7 Å². The van der Waals surface area contributed by atoms with Gasteiger partial charge >= 0.3 is 18.0 Å². The van der Waals surface area contributed by atoms with Crippen LogP contribution in [0.4, 0.5) is 4.79 Å². The van der Waals surface area contributed by atoms with Crippen molar-refractivity contribution in [3.8, 4) is 0 Å². The Balaban J connectivity index is 1.42. The molecule has 15 heteroatoms. The molecule has 0 aromatic heterocycles. The highest BCUT2D eigenvalue weighted by atomic mass is 32.2. The Hall–Kier alpha value is -3.14. The molecule has 0 saturated carbocycles. The van der Waals surface area contributed by atoms with Crippen LogP contribution in [0.3, 0.4) is 0 Å². The van der Waals surface area contributed by atoms with E-state index in [1.54, 1.807) is 19.1 Å². The number of carbonyl (C=O) groups excluding carboxylic acids is 2. The highest BCUT2D eigenvalue weighted by Crippen LogP contribution is 2.48. The summed E-state index contributed by atoms with van der Waals surface area (Å²) in [5.74, 6) is -4.48. The van der Waals surface area contributed by atoms with Gasteiger partial charge in [0.25, 0.3) is 0 Å². The minimum atomic E-state index is -3.81. The molecule has 0 aliphatic carbocycles. The van der Waals surface area contributed by atoms with Gasteiger partial charge in [0.2, 0.25) is 15.9 Å². The largest absolute Gasteiger partial charge is 0.481 e. The van der Waals surface area contributed by atoms with Crippen molar-refractivity contribution in [3.63, 3.8) is 0 Å². The molecule has 0 bridgehead atoms. The molecule has 3 aliphatic heterocycles. The third kappa shape index (κ3) is 5.36. The first-order chi connectivity index (χ1) is 17.8. The number of amides is 2. The van der Waals surface area contributed by atoms with Crippen LogP contribution in [0.25, 0.3) is 0 Å². The van der Waals surface area contributed by atoms with Gasteiger partial charge in [0.15, 0.2) is 0 Å². The van der Waals surface area contributed by atoms with Crippen molar-refractivity contribution in [2.45, 2.75) is 55.1 Å². The van der Waals surface area contributed by atoms with Crippen LogP contribution in [0, 0.1) is 11.8 Å². The first-order valence-electron chi connectivity index (χ1n) is 11.8. The van der Waals surface area contributed by atoms with Crippen molar-refractivity contribution in [3.05, 3.63) is 40.4 Å². The lowest BCUT2D eigenvalue weighted by molar-refractivity contribution is -0.153. The number of cyclic esters (lactones) is 1. The zero-order valence-electron chi connectivity index (χ0n) is 20.5. The summed E-state index contributed by atoms with van der Waals surface area (Å²) in [6.45, 7) is 3.73. The molecule has 3 heterocycles. The van der Waals surface area contributed by atoms with Crippen molar-refractivity contribution in [1.82, 2.24) is 15.5 Å². The number of aliphatic carboxylic acids is 2. The summed E-state index contributed by atoms with van der Waals surface area (Å²) in [6.07, 6.45) is -1.43. The topological polar surface area (TPSA) is 205 Å². The van der Waals surface area contributed by atoms with Gasteiger partial charge in [-0.15, -0.1) is 11.8 Å². The number of benzene rings is 1. The van der Waals surface area contributed by atoms with Crippen molar-refractivity contribution in [1.29, 1.82) is 0 Å². The van der Waals surface area contributed by atoms with Gasteiger partial charge in [0.05, 0.1) is 17.0 Å². The molecule has 2 fully saturated rings. The van der Waals surface area contributed by atoms with Crippen LogP contribution in [0.5, 0.6) is 0 Å². The molecule has 0 radical (unpaired) electrons. The van der Waals surface area contributed by atoms with E-state index in [1.165, 1.54) is 30.8 Å². The number of carbonyl (C=O) groups is 4. The van der Waals surface area contributed by atoms with Gasteiger partial charge in [-0.05, 0) is 31.0 Å². The molecule has 206 valence electrons. The Morgan fingerprint density at radius 3 is 2.45 bits per heavy atom. The first kappa shape index (κ1) is 27.9. The van der Waals surface area contributed by atoms with E-state index in [0.717, 1.165) is 4.90 Å². The van der Waals surface area contributed by atoms with E-state index < -0.39 is 58.1 Å². The maximum atomic E-state index is 12.7. The summed E-state index contributed by atoms with van der Waals surface area (Å²) >= 11 is 1.23. The summed E-state index contributed by atoms with van der Waals surface area (Å²) in [5.41, 5.74) is 0.392.